The average molecular weight is 360 g/mol. The molecule has 1 N–H and O–H groups in total. The van der Waals surface area contributed by atoms with Crippen molar-refractivity contribution in [3.05, 3.63) is 48.4 Å². The van der Waals surface area contributed by atoms with Gasteiger partial charge in [-0.15, -0.1) is 0 Å². The minimum Gasteiger partial charge on any atom is -0.497 e. The Morgan fingerprint density at radius 3 is 2.62 bits per heavy atom. The summed E-state index contributed by atoms with van der Waals surface area (Å²) in [4.78, 5) is 8.80. The summed E-state index contributed by atoms with van der Waals surface area (Å²) in [5, 5.41) is 2.76. The van der Waals surface area contributed by atoms with E-state index in [2.05, 4.69) is 15.3 Å². The Morgan fingerprint density at radius 2 is 1.92 bits per heavy atom. The molecule has 0 saturated heterocycles. The van der Waals surface area contributed by atoms with Crippen LogP contribution in [0.25, 0.3) is 16.9 Å². The van der Waals surface area contributed by atoms with E-state index in [-0.39, 0.29) is 19.3 Å². The van der Waals surface area contributed by atoms with Crippen molar-refractivity contribution in [3.8, 4) is 11.4 Å². The van der Waals surface area contributed by atoms with Gasteiger partial charge in [0, 0.05) is 31.3 Å². The van der Waals surface area contributed by atoms with Gasteiger partial charge in [0.05, 0.1) is 7.11 Å². The number of pyridine rings is 1. The van der Waals surface area contributed by atoms with Gasteiger partial charge in [-0.1, -0.05) is 0 Å². The maximum absolute atomic E-state index is 13.8. The van der Waals surface area contributed by atoms with E-state index in [1.807, 2.05) is 34.9 Å². The summed E-state index contributed by atoms with van der Waals surface area (Å²) >= 11 is 0. The highest BCUT2D eigenvalue weighted by Crippen LogP contribution is 2.25. The molecule has 0 spiro atoms. The summed E-state index contributed by atoms with van der Waals surface area (Å²) in [6.45, 7) is 0.302. The first-order valence-corrected chi connectivity index (χ1v) is 8.51. The number of halogens is 2. The number of ether oxygens (including phenoxy) is 1. The standard InChI is InChI=1S/C19H22F2N4O/c1-22-10-9-19(20,21)8-7-14-11-17-18(23-12-14)25(13-24-17)15-3-5-16(26-2)6-4-15/h3-6,11-13,22H,7-10H2,1-2H3. The summed E-state index contributed by atoms with van der Waals surface area (Å²) in [7, 11) is 3.29. The van der Waals surface area contributed by atoms with E-state index in [1.54, 1.807) is 26.7 Å². The third-order valence-corrected chi connectivity index (χ3v) is 4.32. The Morgan fingerprint density at radius 1 is 1.15 bits per heavy atom. The van der Waals surface area contributed by atoms with Crippen LogP contribution in [0.1, 0.15) is 18.4 Å². The summed E-state index contributed by atoms with van der Waals surface area (Å²) < 4.78 is 34.6. The quantitative estimate of drug-likeness (QED) is 0.667. The van der Waals surface area contributed by atoms with Crippen LogP contribution in [-0.2, 0) is 6.42 Å². The van der Waals surface area contributed by atoms with Crippen molar-refractivity contribution in [1.29, 1.82) is 0 Å². The lowest BCUT2D eigenvalue weighted by Crippen LogP contribution is -2.23. The Kier molecular flexibility index (Phi) is 5.46. The van der Waals surface area contributed by atoms with Gasteiger partial charge in [-0.3, -0.25) is 4.57 Å². The first kappa shape index (κ1) is 18.3. The molecule has 0 atom stereocenters. The number of hydrogen-bond donors (Lipinski definition) is 1. The van der Waals surface area contributed by atoms with Crippen molar-refractivity contribution in [2.75, 3.05) is 20.7 Å². The van der Waals surface area contributed by atoms with Crippen molar-refractivity contribution in [2.45, 2.75) is 25.2 Å². The van der Waals surface area contributed by atoms with Gasteiger partial charge in [0.2, 0.25) is 5.92 Å². The van der Waals surface area contributed by atoms with Crippen molar-refractivity contribution < 1.29 is 13.5 Å². The molecule has 0 amide bonds. The molecule has 0 bridgehead atoms. The SMILES string of the molecule is CNCCC(F)(F)CCc1cnc2c(c1)ncn2-c1ccc(OC)cc1. The predicted octanol–water partition coefficient (Wildman–Crippen LogP) is 3.61. The van der Waals surface area contributed by atoms with Crippen LogP contribution >= 0.6 is 0 Å². The van der Waals surface area contributed by atoms with E-state index in [0.29, 0.717) is 17.7 Å². The fraction of sp³-hybridized carbons (Fsp3) is 0.368. The lowest BCUT2D eigenvalue weighted by atomic mass is 10.1. The van der Waals surface area contributed by atoms with Crippen molar-refractivity contribution in [2.24, 2.45) is 0 Å². The molecule has 0 saturated carbocycles. The van der Waals surface area contributed by atoms with Gasteiger partial charge >= 0.3 is 0 Å². The molecule has 26 heavy (non-hydrogen) atoms. The molecule has 138 valence electrons. The number of aryl methyl sites for hydroxylation is 1. The zero-order valence-electron chi connectivity index (χ0n) is 14.9. The summed E-state index contributed by atoms with van der Waals surface area (Å²) in [5.74, 6) is -1.91. The number of nitrogens with one attached hydrogen (secondary N) is 1. The molecule has 5 nitrogen and oxygen atoms in total. The topological polar surface area (TPSA) is 52.0 Å². The Labute approximate surface area is 151 Å². The van der Waals surface area contributed by atoms with E-state index in [1.165, 1.54) is 0 Å². The molecule has 3 aromatic rings. The van der Waals surface area contributed by atoms with E-state index in [4.69, 9.17) is 4.74 Å². The predicted molar refractivity (Wildman–Crippen MR) is 97.2 cm³/mol. The van der Waals surface area contributed by atoms with E-state index < -0.39 is 5.92 Å². The van der Waals surface area contributed by atoms with Crippen LogP contribution in [0.5, 0.6) is 5.75 Å². The van der Waals surface area contributed by atoms with Crippen LogP contribution in [0.2, 0.25) is 0 Å². The van der Waals surface area contributed by atoms with Crippen LogP contribution in [0.15, 0.2) is 42.9 Å². The van der Waals surface area contributed by atoms with Gasteiger partial charge < -0.3 is 10.1 Å². The van der Waals surface area contributed by atoms with Gasteiger partial charge in [0.1, 0.15) is 17.6 Å². The number of nitrogens with zero attached hydrogens (tertiary/aromatic N) is 3. The number of imidazole rings is 1. The molecular weight excluding hydrogens is 338 g/mol. The fourth-order valence-corrected chi connectivity index (χ4v) is 2.77. The average Bonchev–Trinajstić information content (AvgIpc) is 3.08. The Bertz CT molecular complexity index is 862. The maximum atomic E-state index is 13.8. The number of aromatic nitrogens is 3. The van der Waals surface area contributed by atoms with Gasteiger partial charge in [-0.2, -0.15) is 0 Å². The number of benzene rings is 1. The smallest absolute Gasteiger partial charge is 0.249 e. The Balaban J connectivity index is 1.76. The number of fused-ring (bicyclic) bond motifs is 1. The summed E-state index contributed by atoms with van der Waals surface area (Å²) in [6.07, 6.45) is 3.25. The van der Waals surface area contributed by atoms with Crippen LogP contribution in [0.4, 0.5) is 8.78 Å². The first-order chi connectivity index (χ1) is 12.5. The van der Waals surface area contributed by atoms with Crippen molar-refractivity contribution in [1.82, 2.24) is 19.9 Å². The molecule has 0 radical (unpaired) electrons. The summed E-state index contributed by atoms with van der Waals surface area (Å²) in [5.41, 5.74) is 3.06. The highest BCUT2D eigenvalue weighted by molar-refractivity contribution is 5.73. The number of alkyl halides is 2. The molecular formula is C19H22F2N4O. The van der Waals surface area contributed by atoms with Crippen LogP contribution in [0, 0.1) is 0 Å². The summed E-state index contributed by atoms with van der Waals surface area (Å²) in [6, 6.07) is 9.39. The second kappa shape index (κ2) is 7.78. The molecule has 2 heterocycles. The van der Waals surface area contributed by atoms with E-state index in [0.717, 1.165) is 17.0 Å². The first-order valence-electron chi connectivity index (χ1n) is 8.51. The zero-order valence-corrected chi connectivity index (χ0v) is 14.9. The van der Waals surface area contributed by atoms with E-state index >= 15 is 0 Å². The molecule has 0 fully saturated rings. The van der Waals surface area contributed by atoms with Crippen molar-refractivity contribution >= 4 is 11.2 Å². The largest absolute Gasteiger partial charge is 0.497 e. The lowest BCUT2D eigenvalue weighted by molar-refractivity contribution is -0.0148. The molecule has 0 aliphatic rings. The monoisotopic (exact) mass is 360 g/mol. The van der Waals surface area contributed by atoms with E-state index in [9.17, 15) is 8.78 Å². The minimum atomic E-state index is -2.68. The minimum absolute atomic E-state index is 0.161. The van der Waals surface area contributed by atoms with Crippen LogP contribution < -0.4 is 10.1 Å². The van der Waals surface area contributed by atoms with Gasteiger partial charge in [-0.25, -0.2) is 18.7 Å². The second-order valence-electron chi connectivity index (χ2n) is 6.21. The highest BCUT2D eigenvalue weighted by Gasteiger charge is 2.27. The molecule has 0 aliphatic carbocycles. The van der Waals surface area contributed by atoms with Gasteiger partial charge in [-0.05, 0) is 49.4 Å². The number of rotatable bonds is 8. The lowest BCUT2D eigenvalue weighted by Gasteiger charge is -2.15. The molecule has 2 aromatic heterocycles. The fourth-order valence-electron chi connectivity index (χ4n) is 2.77. The third kappa shape index (κ3) is 4.16. The molecule has 3 rings (SSSR count). The second-order valence-corrected chi connectivity index (χ2v) is 6.21. The molecule has 0 unspecified atom stereocenters. The maximum Gasteiger partial charge on any atom is 0.249 e. The molecule has 1 aromatic carbocycles. The normalized spacial score (nSPS) is 11.8. The van der Waals surface area contributed by atoms with Gasteiger partial charge in [0.25, 0.3) is 0 Å². The number of hydrogen-bond acceptors (Lipinski definition) is 4. The van der Waals surface area contributed by atoms with Gasteiger partial charge in [0.15, 0.2) is 5.65 Å². The number of methoxy groups -OCH3 is 1. The zero-order chi connectivity index (χ0) is 18.6. The highest BCUT2D eigenvalue weighted by atomic mass is 19.3. The van der Waals surface area contributed by atoms with Crippen LogP contribution in [0.3, 0.4) is 0 Å². The Hall–Kier alpha value is -2.54. The molecule has 0 aliphatic heterocycles. The van der Waals surface area contributed by atoms with Crippen molar-refractivity contribution in [3.63, 3.8) is 0 Å². The molecule has 7 heteroatoms. The third-order valence-electron chi connectivity index (χ3n) is 4.32. The van der Waals surface area contributed by atoms with Crippen LogP contribution in [-0.4, -0.2) is 41.2 Å².